The molecule has 2 N–H and O–H groups in total. The molecule has 82 valence electrons. The maximum Gasteiger partial charge on any atom is 0.325 e. The van der Waals surface area contributed by atoms with Crippen molar-refractivity contribution in [3.05, 3.63) is 0 Å². The van der Waals surface area contributed by atoms with Gasteiger partial charge in [-0.05, 0) is 12.8 Å². The van der Waals surface area contributed by atoms with Crippen LogP contribution in [0.1, 0.15) is 44.9 Å². The van der Waals surface area contributed by atoms with Crippen LogP contribution in [-0.4, -0.2) is 15.9 Å². The molecule has 14 heavy (non-hydrogen) atoms. The third-order valence-electron chi connectivity index (χ3n) is 2.02. The molecule has 0 saturated heterocycles. The number of hydrogen-bond donors (Lipinski definition) is 2. The molecule has 4 heteroatoms. The van der Waals surface area contributed by atoms with Gasteiger partial charge in [-0.3, -0.25) is 4.57 Å². The van der Waals surface area contributed by atoms with Gasteiger partial charge in [-0.15, -0.1) is 12.3 Å². The van der Waals surface area contributed by atoms with Crippen molar-refractivity contribution in [2.45, 2.75) is 44.9 Å². The molecule has 0 spiro atoms. The van der Waals surface area contributed by atoms with Crippen LogP contribution in [0, 0.1) is 12.3 Å². The van der Waals surface area contributed by atoms with E-state index in [-0.39, 0.29) is 6.16 Å². The van der Waals surface area contributed by atoms with Crippen LogP contribution >= 0.6 is 7.60 Å². The lowest BCUT2D eigenvalue weighted by Gasteiger charge is -2.03. The summed E-state index contributed by atoms with van der Waals surface area (Å²) in [6, 6.07) is 0. The molecule has 3 nitrogen and oxygen atoms in total. The van der Waals surface area contributed by atoms with Crippen molar-refractivity contribution >= 4 is 7.60 Å². The van der Waals surface area contributed by atoms with E-state index < -0.39 is 7.60 Å². The zero-order chi connectivity index (χ0) is 10.9. The summed E-state index contributed by atoms with van der Waals surface area (Å²) >= 11 is 0. The van der Waals surface area contributed by atoms with Gasteiger partial charge < -0.3 is 9.79 Å². The fourth-order valence-corrected chi connectivity index (χ4v) is 1.89. The highest BCUT2D eigenvalue weighted by molar-refractivity contribution is 7.51. The molecule has 0 amide bonds. The average molecular weight is 218 g/mol. The summed E-state index contributed by atoms with van der Waals surface area (Å²) in [7, 11) is -3.76. The Kier molecular flexibility index (Phi) is 7.89. The van der Waals surface area contributed by atoms with Gasteiger partial charge in [-0.2, -0.15) is 0 Å². The molecule has 0 radical (unpaired) electrons. The van der Waals surface area contributed by atoms with Crippen molar-refractivity contribution in [3.8, 4) is 12.3 Å². The maximum atomic E-state index is 10.5. The third kappa shape index (κ3) is 11.7. The number of rotatable bonds is 8. The zero-order valence-electron chi connectivity index (χ0n) is 8.48. The summed E-state index contributed by atoms with van der Waals surface area (Å²) in [5.74, 6) is 2.59. The summed E-state index contributed by atoms with van der Waals surface area (Å²) in [6.07, 6.45) is 11.8. The van der Waals surface area contributed by atoms with Gasteiger partial charge in [0.05, 0.1) is 0 Å². The van der Waals surface area contributed by atoms with Crippen molar-refractivity contribution in [3.63, 3.8) is 0 Å². The first-order valence-electron chi connectivity index (χ1n) is 5.04. The van der Waals surface area contributed by atoms with Crippen molar-refractivity contribution < 1.29 is 14.4 Å². The zero-order valence-corrected chi connectivity index (χ0v) is 9.38. The highest BCUT2D eigenvalue weighted by atomic mass is 31.2. The van der Waals surface area contributed by atoms with Crippen molar-refractivity contribution in [2.24, 2.45) is 0 Å². The molecule has 0 aromatic rings. The fraction of sp³-hybridized carbons (Fsp3) is 0.800. The van der Waals surface area contributed by atoms with Crippen LogP contribution in [0.4, 0.5) is 0 Å². The largest absolute Gasteiger partial charge is 0.325 e. The van der Waals surface area contributed by atoms with Gasteiger partial charge in [0.2, 0.25) is 0 Å². The summed E-state index contributed by atoms with van der Waals surface area (Å²) in [5.41, 5.74) is 0. The fourth-order valence-electron chi connectivity index (χ4n) is 1.25. The molecule has 0 unspecified atom stereocenters. The van der Waals surface area contributed by atoms with E-state index in [0.717, 1.165) is 38.5 Å². The standard InChI is InChI=1S/C10H19O3P/c1-2-3-4-5-6-7-8-9-10-14(11,12)13/h1H,3-10H2,(H2,11,12,13). The Morgan fingerprint density at radius 1 is 1.00 bits per heavy atom. The van der Waals surface area contributed by atoms with E-state index >= 15 is 0 Å². The number of hydrogen-bond acceptors (Lipinski definition) is 1. The molecule has 0 aliphatic carbocycles. The second-order valence-corrected chi connectivity index (χ2v) is 5.24. The summed E-state index contributed by atoms with van der Waals surface area (Å²) in [6.45, 7) is 0. The van der Waals surface area contributed by atoms with Crippen molar-refractivity contribution in [1.29, 1.82) is 0 Å². The van der Waals surface area contributed by atoms with E-state index in [1.807, 2.05) is 0 Å². The summed E-state index contributed by atoms with van der Waals surface area (Å²) in [4.78, 5) is 17.2. The van der Waals surface area contributed by atoms with Crippen LogP contribution in [0.5, 0.6) is 0 Å². The summed E-state index contributed by atoms with van der Waals surface area (Å²) in [5, 5.41) is 0. The first kappa shape index (κ1) is 13.7. The van der Waals surface area contributed by atoms with Crippen LogP contribution < -0.4 is 0 Å². The molecule has 0 bridgehead atoms. The van der Waals surface area contributed by atoms with Gasteiger partial charge >= 0.3 is 7.60 Å². The first-order chi connectivity index (χ1) is 6.56. The maximum absolute atomic E-state index is 10.5. The van der Waals surface area contributed by atoms with Crippen LogP contribution in [0.3, 0.4) is 0 Å². The van der Waals surface area contributed by atoms with Gasteiger partial charge in [0.25, 0.3) is 0 Å². The minimum atomic E-state index is -3.76. The highest BCUT2D eigenvalue weighted by Crippen LogP contribution is 2.35. The monoisotopic (exact) mass is 218 g/mol. The minimum absolute atomic E-state index is 0.0252. The average Bonchev–Trinajstić information content (AvgIpc) is 2.08. The second kappa shape index (κ2) is 8.05. The van der Waals surface area contributed by atoms with E-state index in [1.54, 1.807) is 0 Å². The molecular formula is C10H19O3P. The van der Waals surface area contributed by atoms with Crippen molar-refractivity contribution in [1.82, 2.24) is 0 Å². The Morgan fingerprint density at radius 3 is 2.00 bits per heavy atom. The Labute approximate surface area is 86.1 Å². The SMILES string of the molecule is C#CCCCCCCCCP(=O)(O)O. The molecule has 0 atom stereocenters. The predicted molar refractivity (Wildman–Crippen MR) is 58.1 cm³/mol. The van der Waals surface area contributed by atoms with E-state index in [1.165, 1.54) is 0 Å². The van der Waals surface area contributed by atoms with E-state index in [2.05, 4.69) is 5.92 Å². The van der Waals surface area contributed by atoms with Crippen LogP contribution in [0.2, 0.25) is 0 Å². The smallest absolute Gasteiger partial charge is 0.324 e. The van der Waals surface area contributed by atoms with Crippen molar-refractivity contribution in [2.75, 3.05) is 6.16 Å². The molecule has 0 aromatic heterocycles. The Bertz CT molecular complexity index is 214. The van der Waals surface area contributed by atoms with Gasteiger partial charge in [-0.25, -0.2) is 0 Å². The predicted octanol–water partition coefficient (Wildman–Crippen LogP) is 2.53. The Balaban J connectivity index is 3.08. The third-order valence-corrected chi connectivity index (χ3v) is 2.92. The van der Waals surface area contributed by atoms with E-state index in [0.29, 0.717) is 6.42 Å². The highest BCUT2D eigenvalue weighted by Gasteiger charge is 2.10. The molecule has 0 saturated carbocycles. The molecule has 0 fully saturated rings. The molecule has 0 aromatic carbocycles. The lowest BCUT2D eigenvalue weighted by molar-refractivity contribution is 0.370. The van der Waals surface area contributed by atoms with Gasteiger partial charge in [0.15, 0.2) is 0 Å². The molecule has 0 rings (SSSR count). The molecule has 0 aliphatic rings. The van der Waals surface area contributed by atoms with E-state index in [4.69, 9.17) is 16.2 Å². The molecular weight excluding hydrogens is 199 g/mol. The van der Waals surface area contributed by atoms with Crippen LogP contribution in [-0.2, 0) is 4.57 Å². The second-order valence-electron chi connectivity index (χ2n) is 3.46. The lowest BCUT2D eigenvalue weighted by atomic mass is 10.1. The summed E-state index contributed by atoms with van der Waals surface area (Å²) < 4.78 is 10.5. The molecule has 0 heterocycles. The van der Waals surface area contributed by atoms with Crippen LogP contribution in [0.25, 0.3) is 0 Å². The van der Waals surface area contributed by atoms with Crippen LogP contribution in [0.15, 0.2) is 0 Å². The van der Waals surface area contributed by atoms with Gasteiger partial charge in [0.1, 0.15) is 0 Å². The topological polar surface area (TPSA) is 57.5 Å². The van der Waals surface area contributed by atoms with Gasteiger partial charge in [0, 0.05) is 12.6 Å². The number of terminal acetylenes is 1. The van der Waals surface area contributed by atoms with E-state index in [9.17, 15) is 4.57 Å². The van der Waals surface area contributed by atoms with Gasteiger partial charge in [-0.1, -0.05) is 25.7 Å². The Hall–Kier alpha value is -0.290. The lowest BCUT2D eigenvalue weighted by Crippen LogP contribution is -1.88. The number of unbranched alkanes of at least 4 members (excludes halogenated alkanes) is 6. The first-order valence-corrected chi connectivity index (χ1v) is 6.84. The molecule has 0 aliphatic heterocycles. The Morgan fingerprint density at radius 2 is 1.50 bits per heavy atom. The minimum Gasteiger partial charge on any atom is -0.324 e. The normalized spacial score (nSPS) is 11.2. The quantitative estimate of drug-likeness (QED) is 0.374.